The third-order valence-corrected chi connectivity index (χ3v) is 2.94. The van der Waals surface area contributed by atoms with Crippen molar-refractivity contribution in [2.75, 3.05) is 19.8 Å². The Labute approximate surface area is 135 Å². The molecule has 0 aliphatic heterocycles. The van der Waals surface area contributed by atoms with Crippen molar-refractivity contribution in [1.82, 2.24) is 0 Å². The van der Waals surface area contributed by atoms with E-state index in [2.05, 4.69) is 0 Å². The van der Waals surface area contributed by atoms with E-state index in [-0.39, 0.29) is 19.8 Å². The van der Waals surface area contributed by atoms with Crippen LogP contribution in [0.25, 0.3) is 0 Å². The molecule has 5 heteroatoms. The summed E-state index contributed by atoms with van der Waals surface area (Å²) in [4.78, 5) is 11.5. The van der Waals surface area contributed by atoms with Gasteiger partial charge in [0.15, 0.2) is 6.61 Å². The van der Waals surface area contributed by atoms with Crippen molar-refractivity contribution in [2.45, 2.75) is 6.92 Å². The van der Waals surface area contributed by atoms with Gasteiger partial charge in [0.1, 0.15) is 24.7 Å². The number of rotatable bonds is 7. The normalized spacial score (nSPS) is 9.74. The van der Waals surface area contributed by atoms with Crippen molar-refractivity contribution in [3.05, 3.63) is 59.7 Å². The number of carbonyl (C=O) groups excluding carboxylic acids is 1. The Morgan fingerprint density at radius 3 is 2.52 bits per heavy atom. The third kappa shape index (κ3) is 5.71. The molecular weight excluding hydrogens is 294 g/mol. The number of nitriles is 1. The molecule has 0 fully saturated rings. The smallest absolute Gasteiger partial charge is 0.344 e. The summed E-state index contributed by atoms with van der Waals surface area (Å²) in [6, 6.07) is 16.2. The molecule has 118 valence electrons. The van der Waals surface area contributed by atoms with Gasteiger partial charge in [-0.05, 0) is 48.9 Å². The SMILES string of the molecule is Cc1cccc(OCCOC(=O)COc2ccc(C#N)cc2)c1. The fraction of sp³-hybridized carbons (Fsp3) is 0.222. The molecule has 0 atom stereocenters. The minimum absolute atomic E-state index is 0.156. The van der Waals surface area contributed by atoms with Crippen LogP contribution in [0.1, 0.15) is 11.1 Å². The Kier molecular flexibility index (Phi) is 6.01. The molecular formula is C18H17NO4. The van der Waals surface area contributed by atoms with Crippen molar-refractivity contribution in [3.63, 3.8) is 0 Å². The van der Waals surface area contributed by atoms with Gasteiger partial charge in [-0.15, -0.1) is 0 Å². The second-order valence-corrected chi connectivity index (χ2v) is 4.81. The van der Waals surface area contributed by atoms with Gasteiger partial charge in [0.2, 0.25) is 0 Å². The number of esters is 1. The maximum absolute atomic E-state index is 11.5. The molecule has 0 spiro atoms. The molecule has 2 aromatic rings. The van der Waals surface area contributed by atoms with Crippen molar-refractivity contribution < 1.29 is 19.0 Å². The van der Waals surface area contributed by atoms with Crippen molar-refractivity contribution in [2.24, 2.45) is 0 Å². The Bertz CT molecular complexity index is 689. The van der Waals surface area contributed by atoms with E-state index in [1.54, 1.807) is 24.3 Å². The molecule has 0 aliphatic carbocycles. The highest BCUT2D eigenvalue weighted by Crippen LogP contribution is 2.12. The highest BCUT2D eigenvalue weighted by atomic mass is 16.6. The molecule has 0 heterocycles. The van der Waals surface area contributed by atoms with Gasteiger partial charge in [-0.3, -0.25) is 0 Å². The summed E-state index contributed by atoms with van der Waals surface area (Å²) in [5, 5.41) is 8.69. The van der Waals surface area contributed by atoms with E-state index in [1.807, 2.05) is 37.3 Å². The fourth-order valence-electron chi connectivity index (χ4n) is 1.83. The zero-order chi connectivity index (χ0) is 16.5. The molecule has 23 heavy (non-hydrogen) atoms. The molecule has 0 radical (unpaired) electrons. The molecule has 0 unspecified atom stereocenters. The number of hydrogen-bond donors (Lipinski definition) is 0. The number of carbonyl (C=O) groups is 1. The first-order chi connectivity index (χ1) is 11.2. The summed E-state index contributed by atoms with van der Waals surface area (Å²) in [6.07, 6.45) is 0. The average molecular weight is 311 g/mol. The number of hydrogen-bond acceptors (Lipinski definition) is 5. The maximum atomic E-state index is 11.5. The first kappa shape index (κ1) is 16.4. The predicted octanol–water partition coefficient (Wildman–Crippen LogP) is 2.87. The monoisotopic (exact) mass is 311 g/mol. The number of ether oxygens (including phenoxy) is 3. The van der Waals surface area contributed by atoms with Crippen LogP contribution >= 0.6 is 0 Å². The van der Waals surface area contributed by atoms with Gasteiger partial charge in [0, 0.05) is 0 Å². The van der Waals surface area contributed by atoms with E-state index >= 15 is 0 Å². The highest BCUT2D eigenvalue weighted by Gasteiger charge is 2.04. The van der Waals surface area contributed by atoms with Gasteiger partial charge in [-0.1, -0.05) is 12.1 Å². The topological polar surface area (TPSA) is 68.6 Å². The Morgan fingerprint density at radius 2 is 1.83 bits per heavy atom. The number of aryl methyl sites for hydroxylation is 1. The number of benzene rings is 2. The molecule has 5 nitrogen and oxygen atoms in total. The van der Waals surface area contributed by atoms with E-state index in [0.29, 0.717) is 11.3 Å². The molecule has 0 N–H and O–H groups in total. The first-order valence-electron chi connectivity index (χ1n) is 7.15. The van der Waals surface area contributed by atoms with Crippen molar-refractivity contribution in [1.29, 1.82) is 5.26 Å². The number of nitrogens with zero attached hydrogens (tertiary/aromatic N) is 1. The van der Waals surface area contributed by atoms with Crippen molar-refractivity contribution >= 4 is 5.97 Å². The Hall–Kier alpha value is -3.00. The van der Waals surface area contributed by atoms with Crippen LogP contribution in [-0.2, 0) is 9.53 Å². The minimum Gasteiger partial charge on any atom is -0.490 e. The lowest BCUT2D eigenvalue weighted by Crippen LogP contribution is -2.18. The van der Waals surface area contributed by atoms with Crippen LogP contribution in [0.5, 0.6) is 11.5 Å². The summed E-state index contributed by atoms with van der Waals surface area (Å²) < 4.78 is 15.8. The lowest BCUT2D eigenvalue weighted by Gasteiger charge is -2.09. The van der Waals surface area contributed by atoms with Gasteiger partial charge in [-0.2, -0.15) is 5.26 Å². The van der Waals surface area contributed by atoms with Gasteiger partial charge >= 0.3 is 5.97 Å². The van der Waals surface area contributed by atoms with E-state index < -0.39 is 5.97 Å². The summed E-state index contributed by atoms with van der Waals surface area (Å²) in [5.74, 6) is 0.786. The van der Waals surface area contributed by atoms with Gasteiger partial charge < -0.3 is 14.2 Å². The molecule has 0 amide bonds. The molecule has 0 saturated carbocycles. The lowest BCUT2D eigenvalue weighted by molar-refractivity contribution is -0.146. The predicted molar refractivity (Wildman–Crippen MR) is 84.3 cm³/mol. The average Bonchev–Trinajstić information content (AvgIpc) is 2.57. The molecule has 0 saturated heterocycles. The van der Waals surface area contributed by atoms with Crippen LogP contribution in [0, 0.1) is 18.3 Å². The van der Waals surface area contributed by atoms with Gasteiger partial charge in [0.05, 0.1) is 11.6 Å². The van der Waals surface area contributed by atoms with Crippen molar-refractivity contribution in [3.8, 4) is 17.6 Å². The largest absolute Gasteiger partial charge is 0.490 e. The van der Waals surface area contributed by atoms with Crippen LogP contribution < -0.4 is 9.47 Å². The Morgan fingerprint density at radius 1 is 1.04 bits per heavy atom. The quantitative estimate of drug-likeness (QED) is 0.581. The molecule has 2 rings (SSSR count). The molecule has 0 bridgehead atoms. The standard InChI is InChI=1S/C18H17NO4/c1-14-3-2-4-17(11-14)21-9-10-22-18(20)13-23-16-7-5-15(12-19)6-8-16/h2-8,11H,9-10,13H2,1H3. The second-order valence-electron chi connectivity index (χ2n) is 4.81. The molecule has 0 aromatic heterocycles. The summed E-state index contributed by atoms with van der Waals surface area (Å²) >= 11 is 0. The minimum atomic E-state index is -0.470. The van der Waals surface area contributed by atoms with Crippen LogP contribution in [0.3, 0.4) is 0 Å². The first-order valence-corrected chi connectivity index (χ1v) is 7.15. The van der Waals surface area contributed by atoms with E-state index in [1.165, 1.54) is 0 Å². The van der Waals surface area contributed by atoms with Crippen LogP contribution in [0.4, 0.5) is 0 Å². The Balaban J connectivity index is 1.64. The zero-order valence-electron chi connectivity index (χ0n) is 12.8. The van der Waals surface area contributed by atoms with Crippen LogP contribution in [0.2, 0.25) is 0 Å². The second kappa shape index (κ2) is 8.44. The zero-order valence-corrected chi connectivity index (χ0v) is 12.8. The van der Waals surface area contributed by atoms with Crippen LogP contribution in [0.15, 0.2) is 48.5 Å². The van der Waals surface area contributed by atoms with Gasteiger partial charge in [0.25, 0.3) is 0 Å². The van der Waals surface area contributed by atoms with E-state index in [0.717, 1.165) is 11.3 Å². The molecule has 2 aromatic carbocycles. The maximum Gasteiger partial charge on any atom is 0.344 e. The summed E-state index contributed by atoms with van der Waals surface area (Å²) in [5.41, 5.74) is 1.64. The third-order valence-electron chi connectivity index (χ3n) is 2.94. The van der Waals surface area contributed by atoms with Crippen LogP contribution in [-0.4, -0.2) is 25.8 Å². The van der Waals surface area contributed by atoms with E-state index in [4.69, 9.17) is 19.5 Å². The van der Waals surface area contributed by atoms with E-state index in [9.17, 15) is 4.79 Å². The lowest BCUT2D eigenvalue weighted by atomic mass is 10.2. The summed E-state index contributed by atoms with van der Waals surface area (Å²) in [7, 11) is 0. The fourth-order valence-corrected chi connectivity index (χ4v) is 1.83. The van der Waals surface area contributed by atoms with Gasteiger partial charge in [-0.25, -0.2) is 4.79 Å². The molecule has 0 aliphatic rings. The summed E-state index contributed by atoms with van der Waals surface area (Å²) in [6.45, 7) is 2.24. The highest BCUT2D eigenvalue weighted by molar-refractivity contribution is 5.71.